The van der Waals surface area contributed by atoms with Gasteiger partial charge in [0.1, 0.15) is 0 Å². The third-order valence-electron chi connectivity index (χ3n) is 3.01. The maximum Gasteiger partial charge on any atom is -0.147 e. The molecular weight excluding hydrogens is 402 g/mol. The first kappa shape index (κ1) is 28.1. The Hall–Kier alpha value is 0.293. The maximum atomic E-state index is 3.30. The van der Waals surface area contributed by atoms with Crippen LogP contribution in [0.15, 0.2) is 35.5 Å². The van der Waals surface area contributed by atoms with E-state index < -0.39 is 0 Å². The van der Waals surface area contributed by atoms with Gasteiger partial charge in [0.05, 0.1) is 0 Å². The van der Waals surface area contributed by atoms with Gasteiger partial charge in [0.25, 0.3) is 0 Å². The van der Waals surface area contributed by atoms with Crippen LogP contribution in [0.3, 0.4) is 0 Å². The topological polar surface area (TPSA) is 0 Å². The van der Waals surface area contributed by atoms with Crippen molar-refractivity contribution in [3.8, 4) is 0 Å². The first-order chi connectivity index (χ1) is 9.62. The van der Waals surface area contributed by atoms with Crippen molar-refractivity contribution in [1.82, 2.24) is 0 Å². The second-order valence-electron chi connectivity index (χ2n) is 7.18. The molecule has 0 aromatic rings. The van der Waals surface area contributed by atoms with Crippen LogP contribution >= 0.6 is 24.8 Å². The third kappa shape index (κ3) is 13.3. The average molecular weight is 435 g/mol. The molecule has 0 aromatic carbocycles. The summed E-state index contributed by atoms with van der Waals surface area (Å²) in [6, 6.07) is 0. The molecule has 2 rings (SSSR count). The van der Waals surface area contributed by atoms with Crippen molar-refractivity contribution in [1.29, 1.82) is 0 Å². The minimum absolute atomic E-state index is 0. The Morgan fingerprint density at radius 1 is 0.826 bits per heavy atom. The third-order valence-corrected chi connectivity index (χ3v) is 3.01. The molecule has 0 atom stereocenters. The minimum Gasteiger partial charge on any atom is -0.147 e. The minimum atomic E-state index is 0. The van der Waals surface area contributed by atoms with Crippen molar-refractivity contribution in [2.24, 2.45) is 10.8 Å². The van der Waals surface area contributed by atoms with Gasteiger partial charge in [-0.05, 0) is 10.8 Å². The van der Waals surface area contributed by atoms with Gasteiger partial charge in [0.2, 0.25) is 0 Å². The van der Waals surface area contributed by atoms with Gasteiger partial charge in [-0.15, -0.1) is 37.7 Å². The predicted octanol–water partition coefficient (Wildman–Crippen LogP) is 6.64. The summed E-state index contributed by atoms with van der Waals surface area (Å²) in [6.07, 6.45) is 17.3. The molecule has 0 fully saturated rings. The number of allylic oxidation sites excluding steroid dienone is 8. The Morgan fingerprint density at radius 3 is 1.17 bits per heavy atom. The van der Waals surface area contributed by atoms with E-state index in [1.54, 1.807) is 0 Å². The van der Waals surface area contributed by atoms with Gasteiger partial charge in [-0.1, -0.05) is 41.5 Å². The molecule has 130 valence electrons. The van der Waals surface area contributed by atoms with Gasteiger partial charge >= 0.3 is 34.9 Å². The number of hydrogen-bond acceptors (Lipinski definition) is 0. The van der Waals surface area contributed by atoms with Crippen molar-refractivity contribution in [3.63, 3.8) is 0 Å². The summed E-state index contributed by atoms with van der Waals surface area (Å²) < 4.78 is 2.09. The van der Waals surface area contributed by atoms with Gasteiger partial charge < -0.3 is 0 Å². The molecule has 0 spiro atoms. The van der Waals surface area contributed by atoms with Crippen molar-refractivity contribution in [2.45, 2.75) is 61.3 Å². The Labute approximate surface area is 171 Å². The monoisotopic (exact) mass is 432 g/mol. The van der Waals surface area contributed by atoms with Gasteiger partial charge in [0.15, 0.2) is 0 Å². The van der Waals surface area contributed by atoms with Crippen LogP contribution in [0.5, 0.6) is 0 Å². The zero-order valence-electron chi connectivity index (χ0n) is 15.6. The van der Waals surface area contributed by atoms with Crippen LogP contribution in [-0.2, 0) is 24.2 Å². The fourth-order valence-electron chi connectivity index (χ4n) is 1.84. The molecule has 0 heterocycles. The summed E-state index contributed by atoms with van der Waals surface area (Å²) in [6.45, 7) is 15.3. The number of rotatable bonds is 0. The second kappa shape index (κ2) is 13.6. The quantitative estimate of drug-likeness (QED) is 0.375. The van der Waals surface area contributed by atoms with Crippen molar-refractivity contribution >= 4 is 28.5 Å². The van der Waals surface area contributed by atoms with E-state index in [1.807, 2.05) is 6.92 Å². The van der Waals surface area contributed by atoms with E-state index in [0.717, 1.165) is 12.8 Å². The molecule has 0 aliphatic heterocycles. The van der Waals surface area contributed by atoms with Gasteiger partial charge in [0, 0.05) is 0 Å². The summed E-state index contributed by atoms with van der Waals surface area (Å²) in [5, 5.41) is 0. The van der Waals surface area contributed by atoms with Crippen molar-refractivity contribution in [2.75, 3.05) is 0 Å². The molecule has 0 saturated carbocycles. The Balaban J connectivity index is -0.000000277. The first-order valence-corrected chi connectivity index (χ1v) is 9.05. The average Bonchev–Trinajstić information content (AvgIpc) is 3.03. The van der Waals surface area contributed by atoms with E-state index in [4.69, 9.17) is 0 Å². The Bertz CT molecular complexity index is 401. The van der Waals surface area contributed by atoms with E-state index in [-0.39, 0.29) is 24.8 Å². The van der Waals surface area contributed by atoms with Crippen LogP contribution in [-0.4, -0.2) is 3.71 Å². The summed E-state index contributed by atoms with van der Waals surface area (Å²) in [5.74, 6) is 0. The van der Waals surface area contributed by atoms with Crippen LogP contribution < -0.4 is 0 Å². The van der Waals surface area contributed by atoms with Crippen LogP contribution in [0.4, 0.5) is 0 Å². The zero-order chi connectivity index (χ0) is 16.5. The molecule has 3 heteroatoms. The molecule has 0 unspecified atom stereocenters. The molecule has 0 aromatic heterocycles. The summed E-state index contributed by atoms with van der Waals surface area (Å²) in [5.41, 5.74) is 3.30. The first-order valence-electron chi connectivity index (χ1n) is 7.63. The standard InChI is InChI=1S/2C9H13.C2H4.2ClH.Zr/c2*1-9(2,3)8-6-4-5-7-8;1-2;;;/h2*4,6H,5H2,1-3H3;1H,2H3;2*1H;/q2*-1;;;;+2. The summed E-state index contributed by atoms with van der Waals surface area (Å²) in [7, 11) is 0. The summed E-state index contributed by atoms with van der Waals surface area (Å²) >= 11 is 1.51. The van der Waals surface area contributed by atoms with Crippen molar-refractivity contribution < 1.29 is 24.2 Å². The van der Waals surface area contributed by atoms with E-state index in [0.29, 0.717) is 10.8 Å². The molecule has 0 saturated heterocycles. The second-order valence-corrected chi connectivity index (χ2v) is 8.60. The molecule has 2 aliphatic rings. The maximum absolute atomic E-state index is 3.30. The van der Waals surface area contributed by atoms with E-state index in [9.17, 15) is 0 Å². The van der Waals surface area contributed by atoms with Crippen LogP contribution in [0.2, 0.25) is 0 Å². The van der Waals surface area contributed by atoms with Crippen LogP contribution in [0.25, 0.3) is 0 Å². The smallest absolute Gasteiger partial charge is 0.147 e. The molecule has 0 radical (unpaired) electrons. The zero-order valence-corrected chi connectivity index (χ0v) is 19.7. The molecule has 2 aliphatic carbocycles. The fourth-order valence-corrected chi connectivity index (χ4v) is 1.84. The molecule has 0 nitrogen and oxygen atoms in total. The largest absolute Gasteiger partial charge is 0.147 e. The van der Waals surface area contributed by atoms with Gasteiger partial charge in [-0.25, -0.2) is 23.3 Å². The van der Waals surface area contributed by atoms with E-state index in [1.165, 1.54) is 35.4 Å². The Kier molecular flexibility index (Phi) is 16.6. The van der Waals surface area contributed by atoms with Crippen molar-refractivity contribution in [3.05, 3.63) is 47.6 Å². The van der Waals surface area contributed by atoms with Crippen LogP contribution in [0, 0.1) is 23.0 Å². The predicted molar refractivity (Wildman–Crippen MR) is 106 cm³/mol. The SMILES string of the molecule is CC(C)(C)C1=[C-]CC=C1.CC(C)(C)C1=[C-]CC=C1.C[CH]=[Zr+2].Cl.Cl. The molecule has 23 heavy (non-hydrogen) atoms. The number of hydrogen-bond donors (Lipinski definition) is 0. The van der Waals surface area contributed by atoms with Gasteiger partial charge in [-0.3, -0.25) is 12.2 Å². The van der Waals surface area contributed by atoms with Crippen LogP contribution in [0.1, 0.15) is 61.3 Å². The van der Waals surface area contributed by atoms with E-state index >= 15 is 0 Å². The molecule has 0 amide bonds. The molecule has 0 bridgehead atoms. The molecular formula is C20H32Cl2Zr. The normalized spacial score (nSPS) is 15.0. The number of halogens is 2. The fraction of sp³-hybridized carbons (Fsp3) is 0.550. The summed E-state index contributed by atoms with van der Waals surface area (Å²) in [4.78, 5) is 0. The Morgan fingerprint density at radius 2 is 1.09 bits per heavy atom. The van der Waals surface area contributed by atoms with Gasteiger partial charge in [-0.2, -0.15) is 12.2 Å². The van der Waals surface area contributed by atoms with E-state index in [2.05, 4.69) is 81.7 Å². The molecule has 0 N–H and O–H groups in total.